The van der Waals surface area contributed by atoms with Gasteiger partial charge in [0.15, 0.2) is 8.32 Å². The molecule has 0 saturated heterocycles. The van der Waals surface area contributed by atoms with E-state index in [0.29, 0.717) is 12.1 Å². The summed E-state index contributed by atoms with van der Waals surface area (Å²) in [5.41, 5.74) is 1.28. The van der Waals surface area contributed by atoms with Gasteiger partial charge in [-0.05, 0) is 55.1 Å². The van der Waals surface area contributed by atoms with Gasteiger partial charge >= 0.3 is 0 Å². The van der Waals surface area contributed by atoms with Crippen LogP contribution >= 0.6 is 0 Å². The smallest absolute Gasteiger partial charge is 0.282 e. The Bertz CT molecular complexity index is 993. The van der Waals surface area contributed by atoms with E-state index in [1.54, 1.807) is 0 Å². The molecule has 0 fully saturated rings. The molecule has 0 N–H and O–H groups in total. The van der Waals surface area contributed by atoms with Crippen molar-refractivity contribution in [2.45, 2.75) is 102 Å². The van der Waals surface area contributed by atoms with Crippen molar-refractivity contribution in [3.63, 3.8) is 0 Å². The molecule has 1 aromatic rings. The number of nitro groups is 1. The Kier molecular flexibility index (Phi) is 9.18. The van der Waals surface area contributed by atoms with Crippen LogP contribution in [0.5, 0.6) is 0 Å². The van der Waals surface area contributed by atoms with Gasteiger partial charge in [-0.25, -0.2) is 0 Å². The molecular weight excluding hydrogens is 456 g/mol. The van der Waals surface area contributed by atoms with Crippen LogP contribution in [-0.2, 0) is 14.4 Å². The lowest BCUT2D eigenvalue weighted by molar-refractivity contribution is -0.384. The minimum atomic E-state index is -3.97. The number of nitro benzene ring substituents is 1. The highest BCUT2D eigenvalue weighted by molar-refractivity contribution is 7.90. The van der Waals surface area contributed by atoms with Crippen molar-refractivity contribution >= 4 is 29.7 Å². The number of allylic oxidation sites excluding steroid dienone is 1. The first-order valence-corrected chi connectivity index (χ1v) is 16.1. The van der Waals surface area contributed by atoms with Gasteiger partial charge in [0.05, 0.1) is 21.6 Å². The van der Waals surface area contributed by atoms with E-state index in [1.807, 2.05) is 0 Å². The summed E-state index contributed by atoms with van der Waals surface area (Å²) >= 11 is 0. The number of benzene rings is 1. The van der Waals surface area contributed by atoms with Crippen LogP contribution in [0.4, 0.5) is 5.69 Å². The van der Waals surface area contributed by atoms with Crippen LogP contribution in [0, 0.1) is 10.1 Å². The van der Waals surface area contributed by atoms with Crippen molar-refractivity contribution < 1.29 is 17.8 Å². The van der Waals surface area contributed by atoms with E-state index >= 15 is 0 Å². The van der Waals surface area contributed by atoms with E-state index < -0.39 is 23.3 Å². The fourth-order valence-corrected chi connectivity index (χ4v) is 5.93. The average Bonchev–Trinajstić information content (AvgIpc) is 3.16. The van der Waals surface area contributed by atoms with Crippen LogP contribution < -0.4 is 0 Å². The topological polar surface area (TPSA) is 98.9 Å². The summed E-state index contributed by atoms with van der Waals surface area (Å²) in [6.07, 6.45) is 8.48. The molecule has 184 valence electrons. The molecule has 1 atom stereocenters. The minimum Gasteiger partial charge on any atom is -0.410 e. The molecule has 0 amide bonds. The maximum atomic E-state index is 13.0. The third kappa shape index (κ3) is 7.32. The Labute approximate surface area is 199 Å². The van der Waals surface area contributed by atoms with Crippen molar-refractivity contribution in [1.82, 2.24) is 0 Å². The van der Waals surface area contributed by atoms with Gasteiger partial charge in [0.1, 0.15) is 0 Å². The molecule has 1 aliphatic carbocycles. The van der Waals surface area contributed by atoms with Crippen molar-refractivity contribution in [2.24, 2.45) is 4.40 Å². The monoisotopic (exact) mass is 494 g/mol. The quantitative estimate of drug-likeness (QED) is 0.146. The maximum absolute atomic E-state index is 13.0. The predicted octanol–water partition coefficient (Wildman–Crippen LogP) is 6.81. The van der Waals surface area contributed by atoms with Gasteiger partial charge < -0.3 is 4.43 Å². The largest absolute Gasteiger partial charge is 0.410 e. The lowest BCUT2D eigenvalue weighted by Crippen LogP contribution is -2.44. The summed E-state index contributed by atoms with van der Waals surface area (Å²) in [5.74, 6) is 0. The Morgan fingerprint density at radius 2 is 1.79 bits per heavy atom. The molecule has 0 aromatic heterocycles. The molecular formula is C24H38N2O5SSi. The van der Waals surface area contributed by atoms with Gasteiger partial charge in [0.25, 0.3) is 15.7 Å². The lowest BCUT2D eigenvalue weighted by atomic mass is 10.0. The molecule has 0 saturated carbocycles. The van der Waals surface area contributed by atoms with Crippen molar-refractivity contribution in [3.8, 4) is 0 Å². The number of nitrogens with zero attached hydrogens (tertiary/aromatic N) is 2. The first kappa shape index (κ1) is 27.4. The van der Waals surface area contributed by atoms with Gasteiger partial charge in [0.2, 0.25) is 0 Å². The molecule has 1 unspecified atom stereocenters. The fraction of sp³-hybridized carbons (Fsp3) is 0.625. The standard InChI is InChI=1S/C24H38N2O5SSi/c1-7-8-9-10-14-23(31-33(5,6)24(2,3)4)21-12-11-13-22(21)25-32(29,30)20-17-15-19(16-18-20)26(27)28/h12,15-18,23H,7-11,13-14H2,1-6H3/b25-22-. The average molecular weight is 495 g/mol. The zero-order valence-electron chi connectivity index (χ0n) is 20.8. The highest BCUT2D eigenvalue weighted by atomic mass is 32.2. The molecule has 0 aliphatic heterocycles. The Hall–Kier alpha value is -1.84. The van der Waals surface area contributed by atoms with Crippen LogP contribution in [0.15, 0.2) is 45.2 Å². The van der Waals surface area contributed by atoms with E-state index in [1.165, 1.54) is 30.7 Å². The summed E-state index contributed by atoms with van der Waals surface area (Å²) in [6.45, 7) is 13.2. The second kappa shape index (κ2) is 11.1. The number of hydrogen-bond donors (Lipinski definition) is 0. The molecule has 9 heteroatoms. The SMILES string of the molecule is CCCCCCC(O[Si](C)(C)C(C)(C)C)C1=CCC/C1=N/S(=O)(=O)c1ccc([N+](=O)[O-])cc1. The second-order valence-corrected chi connectivity index (χ2v) is 16.5. The molecule has 0 radical (unpaired) electrons. The number of rotatable bonds is 11. The van der Waals surface area contributed by atoms with Crippen LogP contribution in [0.25, 0.3) is 0 Å². The number of hydrogen-bond acceptors (Lipinski definition) is 5. The van der Waals surface area contributed by atoms with E-state index in [2.05, 4.69) is 51.3 Å². The first-order chi connectivity index (χ1) is 15.3. The van der Waals surface area contributed by atoms with Crippen LogP contribution in [0.1, 0.15) is 72.6 Å². The van der Waals surface area contributed by atoms with Crippen molar-refractivity contribution in [3.05, 3.63) is 46.0 Å². The third-order valence-corrected chi connectivity index (χ3v) is 12.4. The highest BCUT2D eigenvalue weighted by Gasteiger charge is 2.40. The van der Waals surface area contributed by atoms with Crippen LogP contribution in [-0.4, -0.2) is 33.5 Å². The van der Waals surface area contributed by atoms with Gasteiger partial charge in [0, 0.05) is 12.1 Å². The molecule has 2 rings (SSSR count). The fourth-order valence-electron chi connectivity index (χ4n) is 3.55. The first-order valence-electron chi connectivity index (χ1n) is 11.7. The molecule has 7 nitrogen and oxygen atoms in total. The van der Waals surface area contributed by atoms with E-state index in [4.69, 9.17) is 4.43 Å². The summed E-state index contributed by atoms with van der Waals surface area (Å²) < 4.78 is 36.9. The van der Waals surface area contributed by atoms with Crippen LogP contribution in [0.2, 0.25) is 18.1 Å². The summed E-state index contributed by atoms with van der Waals surface area (Å²) in [6, 6.07) is 4.86. The maximum Gasteiger partial charge on any atom is 0.282 e. The van der Waals surface area contributed by atoms with E-state index in [0.717, 1.165) is 37.7 Å². The van der Waals surface area contributed by atoms with Crippen LogP contribution in [0.3, 0.4) is 0 Å². The Morgan fingerprint density at radius 3 is 2.33 bits per heavy atom. The third-order valence-electron chi connectivity index (χ3n) is 6.56. The van der Waals surface area contributed by atoms with E-state index in [-0.39, 0.29) is 21.7 Å². The van der Waals surface area contributed by atoms with Crippen molar-refractivity contribution in [1.29, 1.82) is 0 Å². The zero-order chi connectivity index (χ0) is 24.9. The normalized spacial score (nSPS) is 17.3. The van der Waals surface area contributed by atoms with Gasteiger partial charge in [-0.1, -0.05) is 59.5 Å². The number of non-ortho nitro benzene ring substituents is 1. The van der Waals surface area contributed by atoms with Gasteiger partial charge in [-0.2, -0.15) is 12.8 Å². The molecule has 1 aliphatic rings. The summed E-state index contributed by atoms with van der Waals surface area (Å²) in [4.78, 5) is 10.3. The number of unbranched alkanes of at least 4 members (excludes halogenated alkanes) is 3. The molecule has 0 bridgehead atoms. The molecule has 0 spiro atoms. The Balaban J connectivity index is 2.34. The van der Waals surface area contributed by atoms with E-state index in [9.17, 15) is 18.5 Å². The second-order valence-electron chi connectivity index (χ2n) is 10.2. The molecule has 33 heavy (non-hydrogen) atoms. The molecule has 1 aromatic carbocycles. The Morgan fingerprint density at radius 1 is 1.15 bits per heavy atom. The lowest BCUT2D eigenvalue weighted by Gasteiger charge is -2.40. The van der Waals surface area contributed by atoms with Gasteiger partial charge in [-0.15, -0.1) is 0 Å². The zero-order valence-corrected chi connectivity index (χ0v) is 22.6. The summed E-state index contributed by atoms with van der Waals surface area (Å²) in [5, 5.41) is 10.9. The summed E-state index contributed by atoms with van der Waals surface area (Å²) in [7, 11) is -6.06. The highest BCUT2D eigenvalue weighted by Crippen LogP contribution is 2.40. The molecule has 0 heterocycles. The minimum absolute atomic E-state index is 0.0377. The number of sulfonamides is 1. The van der Waals surface area contributed by atoms with Gasteiger partial charge in [-0.3, -0.25) is 10.1 Å². The van der Waals surface area contributed by atoms with Crippen molar-refractivity contribution in [2.75, 3.05) is 0 Å². The predicted molar refractivity (Wildman–Crippen MR) is 136 cm³/mol.